The molecule has 0 aliphatic carbocycles. The van der Waals surface area contributed by atoms with Crippen LogP contribution in [0, 0.1) is 10.1 Å². The van der Waals surface area contributed by atoms with Crippen LogP contribution in [0.4, 0.5) is 11.4 Å². The van der Waals surface area contributed by atoms with Gasteiger partial charge in [0.25, 0.3) is 21.6 Å². The van der Waals surface area contributed by atoms with Crippen molar-refractivity contribution in [3.63, 3.8) is 0 Å². The molecule has 0 radical (unpaired) electrons. The number of nitrogens with zero attached hydrogens (tertiary/aromatic N) is 4. The molecule has 5 aromatic carbocycles. The van der Waals surface area contributed by atoms with Gasteiger partial charge in [0, 0.05) is 72.8 Å². The highest BCUT2D eigenvalue weighted by Gasteiger charge is 2.33. The summed E-state index contributed by atoms with van der Waals surface area (Å²) in [6.07, 6.45) is 1.70. The van der Waals surface area contributed by atoms with E-state index >= 15 is 0 Å². The second kappa shape index (κ2) is 15.7. The van der Waals surface area contributed by atoms with Gasteiger partial charge < -0.3 is 14.4 Å². The van der Waals surface area contributed by atoms with E-state index in [4.69, 9.17) is 9.47 Å². The number of sulfonamides is 1. The van der Waals surface area contributed by atoms with Crippen molar-refractivity contribution in [3.05, 3.63) is 142 Å². The van der Waals surface area contributed by atoms with Crippen LogP contribution in [0.5, 0.6) is 11.5 Å². The van der Waals surface area contributed by atoms with Crippen LogP contribution < -0.4 is 19.2 Å². The van der Waals surface area contributed by atoms with E-state index in [1.807, 2.05) is 54.6 Å². The topological polar surface area (TPSA) is 135 Å². The molecular weight excluding hydrogens is 739 g/mol. The first-order valence-electron chi connectivity index (χ1n) is 18.1. The Balaban J connectivity index is 0.970. The molecule has 0 spiro atoms. The third-order valence-electron chi connectivity index (χ3n) is 10.2. The predicted octanol–water partition coefficient (Wildman–Crippen LogP) is 6.76. The van der Waals surface area contributed by atoms with Crippen molar-refractivity contribution in [2.75, 3.05) is 43.6 Å². The molecule has 3 aliphatic rings. The van der Waals surface area contributed by atoms with Crippen LogP contribution in [-0.4, -0.2) is 73.9 Å². The van der Waals surface area contributed by atoms with Crippen molar-refractivity contribution < 1.29 is 27.6 Å². The summed E-state index contributed by atoms with van der Waals surface area (Å²) in [5, 5.41) is 12.5. The van der Waals surface area contributed by atoms with E-state index in [-0.39, 0.29) is 23.9 Å². The number of ether oxygens (including phenoxy) is 2. The van der Waals surface area contributed by atoms with Crippen LogP contribution in [0.3, 0.4) is 0 Å². The summed E-state index contributed by atoms with van der Waals surface area (Å²) in [5.41, 5.74) is 5.67. The smallest absolute Gasteiger partial charge is 0.270 e. The maximum absolute atomic E-state index is 14.1. The second-order valence-corrected chi connectivity index (χ2v) is 16.5. The van der Waals surface area contributed by atoms with Crippen LogP contribution in [0.2, 0.25) is 0 Å². The molecule has 1 fully saturated rings. The Morgan fingerprint density at radius 2 is 1.73 bits per heavy atom. The third kappa shape index (κ3) is 8.03. The van der Waals surface area contributed by atoms with Gasteiger partial charge in [-0.2, -0.15) is 0 Å². The number of non-ortho nitro benzene ring substituents is 1. The quantitative estimate of drug-likeness (QED) is 0.0824. The van der Waals surface area contributed by atoms with E-state index in [1.165, 1.54) is 41.1 Å². The maximum atomic E-state index is 14.1. The number of anilines is 1. The molecule has 12 nitrogen and oxygen atoms in total. The molecule has 0 unspecified atom stereocenters. The molecule has 5 aromatic rings. The van der Waals surface area contributed by atoms with Crippen molar-refractivity contribution in [1.82, 2.24) is 14.7 Å². The Morgan fingerprint density at radius 1 is 0.909 bits per heavy atom. The lowest BCUT2D eigenvalue weighted by molar-refractivity contribution is -0.385. The largest absolute Gasteiger partial charge is 0.454 e. The average molecular weight is 778 g/mol. The highest BCUT2D eigenvalue weighted by molar-refractivity contribution is 7.99. The predicted molar refractivity (Wildman–Crippen MR) is 211 cm³/mol. The lowest BCUT2D eigenvalue weighted by Crippen LogP contribution is -2.54. The number of amides is 1. The van der Waals surface area contributed by atoms with Gasteiger partial charge in [0.05, 0.1) is 9.82 Å². The maximum Gasteiger partial charge on any atom is 0.270 e. The Bertz CT molecular complexity index is 2340. The number of nitro groups is 1. The van der Waals surface area contributed by atoms with Gasteiger partial charge in [0.15, 0.2) is 11.5 Å². The molecular formula is C41H39N5O7S2. The highest BCUT2D eigenvalue weighted by Crippen LogP contribution is 2.38. The minimum absolute atomic E-state index is 0.0610. The fraction of sp³-hybridized carbons (Fsp3) is 0.244. The highest BCUT2D eigenvalue weighted by atomic mass is 32.2. The molecule has 1 atom stereocenters. The van der Waals surface area contributed by atoms with Gasteiger partial charge in [0.1, 0.15) is 0 Å². The lowest BCUT2D eigenvalue weighted by Gasteiger charge is -2.46. The summed E-state index contributed by atoms with van der Waals surface area (Å²) >= 11 is 1.49. The standard InChI is InChI=1S/C41H39N5O7S2/c47-41(45(21-22-54-35-9-2-1-3-10-35)42-55(50,51)36-11-6-8-33(25-36)46(48)49)31-14-17-38-30(23-31)13-16-34-27-43(19-20-44(34)38)26-32-7-4-5-12-37(32)29-15-18-39-40(24-29)53-28-52-39/h1-12,14-15,17-18,23-25,34,42H,13,16,19-22,26-28H2/t34-/m0/s1. The SMILES string of the molecule is O=C(c1ccc2c(c1)CC[C@H]1CN(Cc3ccccc3-c3ccc4c(c3)OCO4)CCN21)N(CCSc1ccccc1)NS(=O)(=O)c1cccc([N+](=O)[O-])c1. The van der Waals surface area contributed by atoms with Gasteiger partial charge >= 0.3 is 0 Å². The third-order valence-corrected chi connectivity index (χ3v) is 12.5. The Kier molecular flexibility index (Phi) is 10.5. The van der Waals surface area contributed by atoms with Crippen LogP contribution in [0.25, 0.3) is 11.1 Å². The Morgan fingerprint density at radius 3 is 2.58 bits per heavy atom. The van der Waals surface area contributed by atoms with Crippen molar-refractivity contribution in [1.29, 1.82) is 0 Å². The monoisotopic (exact) mass is 777 g/mol. The summed E-state index contributed by atoms with van der Waals surface area (Å²) in [6.45, 7) is 3.74. The summed E-state index contributed by atoms with van der Waals surface area (Å²) < 4.78 is 38.1. The number of piperazine rings is 1. The minimum Gasteiger partial charge on any atom is -0.454 e. The number of hydrogen-bond donors (Lipinski definition) is 1. The number of carbonyl (C=O) groups excluding carboxylic acids is 1. The number of carbonyl (C=O) groups is 1. The van der Waals surface area contributed by atoms with Crippen LogP contribution in [0.1, 0.15) is 27.9 Å². The fourth-order valence-corrected chi connectivity index (χ4v) is 9.43. The first-order chi connectivity index (χ1) is 26.7. The fourth-order valence-electron chi connectivity index (χ4n) is 7.47. The summed E-state index contributed by atoms with van der Waals surface area (Å²) in [4.78, 5) is 32.9. The molecule has 1 saturated heterocycles. The zero-order valence-corrected chi connectivity index (χ0v) is 31.5. The summed E-state index contributed by atoms with van der Waals surface area (Å²) in [7, 11) is -4.33. The summed E-state index contributed by atoms with van der Waals surface area (Å²) in [5.74, 6) is 1.44. The number of fused-ring (bicyclic) bond motifs is 4. The van der Waals surface area contributed by atoms with Gasteiger partial charge in [-0.25, -0.2) is 8.42 Å². The number of hydrogen-bond acceptors (Lipinski definition) is 10. The zero-order chi connectivity index (χ0) is 37.9. The van der Waals surface area contributed by atoms with E-state index in [1.54, 1.807) is 6.07 Å². The summed E-state index contributed by atoms with van der Waals surface area (Å²) in [6, 6.07) is 34.9. The zero-order valence-electron chi connectivity index (χ0n) is 29.9. The molecule has 14 heteroatoms. The van der Waals surface area contributed by atoms with E-state index in [0.717, 1.165) is 83.3 Å². The molecule has 3 heterocycles. The Labute approximate surface area is 323 Å². The van der Waals surface area contributed by atoms with Crippen LogP contribution >= 0.6 is 11.8 Å². The van der Waals surface area contributed by atoms with Crippen molar-refractivity contribution in [3.8, 4) is 22.6 Å². The molecule has 0 aromatic heterocycles. The van der Waals surface area contributed by atoms with E-state index < -0.39 is 20.9 Å². The molecule has 55 heavy (non-hydrogen) atoms. The number of rotatable bonds is 12. The second-order valence-electron chi connectivity index (χ2n) is 13.7. The van der Waals surface area contributed by atoms with Gasteiger partial charge in [0.2, 0.25) is 6.79 Å². The van der Waals surface area contributed by atoms with Gasteiger partial charge in [-0.3, -0.25) is 24.8 Å². The first kappa shape index (κ1) is 36.6. The molecule has 1 amide bonds. The van der Waals surface area contributed by atoms with Crippen molar-refractivity contribution >= 4 is 39.1 Å². The van der Waals surface area contributed by atoms with Crippen molar-refractivity contribution in [2.24, 2.45) is 0 Å². The normalized spacial score (nSPS) is 16.3. The van der Waals surface area contributed by atoms with E-state index in [0.29, 0.717) is 17.4 Å². The van der Waals surface area contributed by atoms with Crippen LogP contribution in [0.15, 0.2) is 125 Å². The number of nitrogens with one attached hydrogen (secondary N) is 1. The van der Waals surface area contributed by atoms with E-state index in [2.05, 4.69) is 45.0 Å². The minimum atomic E-state index is -4.33. The van der Waals surface area contributed by atoms with Gasteiger partial charge in [-0.05, 0) is 83.6 Å². The number of nitro benzene ring substituents is 1. The number of hydrazine groups is 1. The molecule has 0 saturated carbocycles. The number of thioether (sulfide) groups is 1. The van der Waals surface area contributed by atoms with Gasteiger partial charge in [-0.15, -0.1) is 16.6 Å². The molecule has 1 N–H and O–H groups in total. The Hall–Kier alpha value is -5.41. The molecule has 282 valence electrons. The molecule has 8 rings (SSSR count). The van der Waals surface area contributed by atoms with E-state index in [9.17, 15) is 23.3 Å². The van der Waals surface area contributed by atoms with Crippen molar-refractivity contribution in [2.45, 2.75) is 35.2 Å². The van der Waals surface area contributed by atoms with Crippen LogP contribution in [-0.2, 0) is 23.0 Å². The molecule has 3 aliphatic heterocycles. The van der Waals surface area contributed by atoms with Gasteiger partial charge in [-0.1, -0.05) is 54.6 Å². The first-order valence-corrected chi connectivity index (χ1v) is 20.6. The average Bonchev–Trinajstić information content (AvgIpc) is 3.69. The number of benzene rings is 5. The molecule has 0 bridgehead atoms. The number of aryl methyl sites for hydroxylation is 1. The lowest BCUT2D eigenvalue weighted by atomic mass is 9.92.